The quantitative estimate of drug-likeness (QED) is 0.872. The summed E-state index contributed by atoms with van der Waals surface area (Å²) in [6.45, 7) is 7.43. The molecule has 4 nitrogen and oxygen atoms in total. The fourth-order valence-electron chi connectivity index (χ4n) is 2.38. The van der Waals surface area contributed by atoms with Crippen molar-refractivity contribution in [3.63, 3.8) is 0 Å². The van der Waals surface area contributed by atoms with Gasteiger partial charge in [-0.1, -0.05) is 19.9 Å². The van der Waals surface area contributed by atoms with Crippen molar-refractivity contribution in [2.24, 2.45) is 5.92 Å². The van der Waals surface area contributed by atoms with Crippen molar-refractivity contribution < 1.29 is 14.3 Å². The molecule has 0 radical (unpaired) electrons. The van der Waals surface area contributed by atoms with Crippen LogP contribution in [0.1, 0.15) is 38.7 Å². The molecule has 1 aromatic carbocycles. The van der Waals surface area contributed by atoms with E-state index in [1.165, 1.54) is 0 Å². The van der Waals surface area contributed by atoms with Crippen LogP contribution in [0.15, 0.2) is 18.2 Å². The summed E-state index contributed by atoms with van der Waals surface area (Å²) in [5.41, 5.74) is 1.85. The van der Waals surface area contributed by atoms with Gasteiger partial charge in [0.25, 0.3) is 0 Å². The molecular weight excluding hydrogens is 266 g/mol. The lowest BCUT2D eigenvalue weighted by Crippen LogP contribution is -2.18. The normalized spacial score (nSPS) is 18.0. The Bertz CT molecular complexity index is 479. The van der Waals surface area contributed by atoms with E-state index in [1.807, 2.05) is 39.0 Å². The first kappa shape index (κ1) is 15.8. The van der Waals surface area contributed by atoms with Crippen LogP contribution < -0.4 is 10.1 Å². The molecule has 4 heteroatoms. The molecule has 1 heterocycles. The van der Waals surface area contributed by atoms with Gasteiger partial charge < -0.3 is 14.8 Å². The Morgan fingerprint density at radius 2 is 2.29 bits per heavy atom. The molecule has 0 aliphatic carbocycles. The summed E-state index contributed by atoms with van der Waals surface area (Å²) < 4.78 is 11.4. The number of ether oxygens (including phenoxy) is 2. The van der Waals surface area contributed by atoms with E-state index in [-0.39, 0.29) is 12.0 Å². The van der Waals surface area contributed by atoms with Crippen LogP contribution in [-0.2, 0) is 9.53 Å². The third-order valence-electron chi connectivity index (χ3n) is 3.45. The molecule has 2 rings (SSSR count). The van der Waals surface area contributed by atoms with E-state index in [0.29, 0.717) is 18.9 Å². The Morgan fingerprint density at radius 3 is 2.95 bits per heavy atom. The van der Waals surface area contributed by atoms with Gasteiger partial charge in [-0.05, 0) is 43.4 Å². The molecule has 1 saturated heterocycles. The van der Waals surface area contributed by atoms with E-state index in [0.717, 1.165) is 36.4 Å². The molecular formula is C17H25NO3. The molecule has 116 valence electrons. The van der Waals surface area contributed by atoms with Crippen molar-refractivity contribution in [1.29, 1.82) is 0 Å². The van der Waals surface area contributed by atoms with Crippen LogP contribution in [0.25, 0.3) is 0 Å². The van der Waals surface area contributed by atoms with Crippen molar-refractivity contribution in [2.75, 3.05) is 18.5 Å². The monoisotopic (exact) mass is 291 g/mol. The SMILES string of the molecule is Cc1ccc(NC(=O)CC(C)C)c(OCC2CCCO2)c1. The summed E-state index contributed by atoms with van der Waals surface area (Å²) in [6.07, 6.45) is 2.82. The van der Waals surface area contributed by atoms with E-state index >= 15 is 0 Å². The lowest BCUT2D eigenvalue weighted by Gasteiger charge is -2.16. The molecule has 1 N–H and O–H groups in total. The number of benzene rings is 1. The zero-order chi connectivity index (χ0) is 15.2. The van der Waals surface area contributed by atoms with Crippen LogP contribution >= 0.6 is 0 Å². The highest BCUT2D eigenvalue weighted by Gasteiger charge is 2.17. The molecule has 21 heavy (non-hydrogen) atoms. The van der Waals surface area contributed by atoms with Crippen LogP contribution in [0.5, 0.6) is 5.75 Å². The summed E-state index contributed by atoms with van der Waals surface area (Å²) in [5.74, 6) is 1.09. The minimum Gasteiger partial charge on any atom is -0.489 e. The fraction of sp³-hybridized carbons (Fsp3) is 0.588. The Labute approximate surface area is 126 Å². The van der Waals surface area contributed by atoms with E-state index in [4.69, 9.17) is 9.47 Å². The Hall–Kier alpha value is -1.55. The maximum atomic E-state index is 11.9. The molecule has 1 aromatic rings. The highest BCUT2D eigenvalue weighted by molar-refractivity contribution is 5.92. The van der Waals surface area contributed by atoms with E-state index in [2.05, 4.69) is 5.32 Å². The van der Waals surface area contributed by atoms with Gasteiger partial charge in [0.15, 0.2) is 0 Å². The maximum Gasteiger partial charge on any atom is 0.224 e. The summed E-state index contributed by atoms with van der Waals surface area (Å²) in [4.78, 5) is 11.9. The number of amides is 1. The van der Waals surface area contributed by atoms with Crippen LogP contribution in [-0.4, -0.2) is 25.2 Å². The first-order chi connectivity index (χ1) is 10.0. The summed E-state index contributed by atoms with van der Waals surface area (Å²) in [5, 5.41) is 2.94. The van der Waals surface area contributed by atoms with Gasteiger partial charge in [-0.25, -0.2) is 0 Å². The Kier molecular flexibility index (Phi) is 5.62. The van der Waals surface area contributed by atoms with Gasteiger partial charge in [0.05, 0.1) is 11.8 Å². The molecule has 1 aliphatic rings. The van der Waals surface area contributed by atoms with Crippen molar-refractivity contribution in [3.05, 3.63) is 23.8 Å². The topological polar surface area (TPSA) is 47.6 Å². The minimum absolute atomic E-state index is 0.0239. The smallest absolute Gasteiger partial charge is 0.224 e. The molecule has 1 aliphatic heterocycles. The second-order valence-corrected chi connectivity index (χ2v) is 6.09. The number of hydrogen-bond acceptors (Lipinski definition) is 3. The fourth-order valence-corrected chi connectivity index (χ4v) is 2.38. The number of hydrogen-bond donors (Lipinski definition) is 1. The Balaban J connectivity index is 2.00. The van der Waals surface area contributed by atoms with Gasteiger partial charge in [0, 0.05) is 13.0 Å². The first-order valence-corrected chi connectivity index (χ1v) is 7.69. The predicted octanol–water partition coefficient (Wildman–Crippen LogP) is 3.54. The summed E-state index contributed by atoms with van der Waals surface area (Å²) in [7, 11) is 0. The molecule has 0 spiro atoms. The van der Waals surface area contributed by atoms with Gasteiger partial charge in [-0.15, -0.1) is 0 Å². The Morgan fingerprint density at radius 1 is 1.48 bits per heavy atom. The molecule has 0 bridgehead atoms. The number of anilines is 1. The molecule has 1 atom stereocenters. The van der Waals surface area contributed by atoms with Crippen molar-refractivity contribution in [1.82, 2.24) is 0 Å². The summed E-state index contributed by atoms with van der Waals surface area (Å²) >= 11 is 0. The number of rotatable bonds is 6. The second-order valence-electron chi connectivity index (χ2n) is 6.09. The predicted molar refractivity (Wildman–Crippen MR) is 83.7 cm³/mol. The largest absolute Gasteiger partial charge is 0.489 e. The molecule has 1 unspecified atom stereocenters. The molecule has 1 amide bonds. The van der Waals surface area contributed by atoms with Crippen LogP contribution in [0.4, 0.5) is 5.69 Å². The van der Waals surface area contributed by atoms with E-state index in [1.54, 1.807) is 0 Å². The lowest BCUT2D eigenvalue weighted by molar-refractivity contribution is -0.116. The van der Waals surface area contributed by atoms with Crippen molar-refractivity contribution in [3.8, 4) is 5.75 Å². The van der Waals surface area contributed by atoms with Crippen LogP contribution in [0.2, 0.25) is 0 Å². The zero-order valence-electron chi connectivity index (χ0n) is 13.1. The van der Waals surface area contributed by atoms with Gasteiger partial charge in [0.2, 0.25) is 5.91 Å². The molecule has 1 fully saturated rings. The number of nitrogens with one attached hydrogen (secondary N) is 1. The van der Waals surface area contributed by atoms with E-state index < -0.39 is 0 Å². The minimum atomic E-state index is 0.0239. The average Bonchev–Trinajstić information content (AvgIpc) is 2.91. The number of carbonyl (C=O) groups is 1. The highest BCUT2D eigenvalue weighted by Crippen LogP contribution is 2.27. The van der Waals surface area contributed by atoms with E-state index in [9.17, 15) is 4.79 Å². The van der Waals surface area contributed by atoms with Gasteiger partial charge in [-0.3, -0.25) is 4.79 Å². The second kappa shape index (κ2) is 7.46. The van der Waals surface area contributed by atoms with Crippen molar-refractivity contribution in [2.45, 2.75) is 46.1 Å². The maximum absolute atomic E-state index is 11.9. The highest BCUT2D eigenvalue weighted by atomic mass is 16.5. The molecule has 0 saturated carbocycles. The summed E-state index contributed by atoms with van der Waals surface area (Å²) in [6, 6.07) is 5.84. The van der Waals surface area contributed by atoms with Crippen molar-refractivity contribution >= 4 is 11.6 Å². The van der Waals surface area contributed by atoms with Crippen LogP contribution in [0, 0.1) is 12.8 Å². The van der Waals surface area contributed by atoms with Crippen LogP contribution in [0.3, 0.4) is 0 Å². The standard InChI is InChI=1S/C17H25NO3/c1-12(2)9-17(19)18-15-7-6-13(3)10-16(15)21-11-14-5-4-8-20-14/h6-7,10,12,14H,4-5,8-9,11H2,1-3H3,(H,18,19). The first-order valence-electron chi connectivity index (χ1n) is 7.69. The number of carbonyl (C=O) groups excluding carboxylic acids is 1. The van der Waals surface area contributed by atoms with Gasteiger partial charge in [0.1, 0.15) is 12.4 Å². The van der Waals surface area contributed by atoms with Gasteiger partial charge >= 0.3 is 0 Å². The third-order valence-corrected chi connectivity index (χ3v) is 3.45. The van der Waals surface area contributed by atoms with Gasteiger partial charge in [-0.2, -0.15) is 0 Å². The third kappa shape index (κ3) is 5.05. The average molecular weight is 291 g/mol. The number of aryl methyl sites for hydroxylation is 1. The molecule has 0 aromatic heterocycles. The lowest BCUT2D eigenvalue weighted by atomic mass is 10.1. The zero-order valence-corrected chi connectivity index (χ0v) is 13.1.